The Morgan fingerprint density at radius 1 is 1.10 bits per heavy atom. The number of alkyl halides is 1. The smallest absolute Gasteiger partial charge is 0.0944 e. The molecule has 1 atom stereocenters. The number of halogens is 2. The van der Waals surface area contributed by atoms with Crippen LogP contribution >= 0.6 is 38.9 Å². The molecular formula is C17H20BrClS. The summed E-state index contributed by atoms with van der Waals surface area (Å²) in [4.78, 5) is 1.21. The summed E-state index contributed by atoms with van der Waals surface area (Å²) in [7, 11) is 0. The zero-order valence-corrected chi connectivity index (χ0v) is 15.3. The van der Waals surface area contributed by atoms with E-state index in [-0.39, 0.29) is 5.38 Å². The molecule has 0 nitrogen and oxygen atoms in total. The summed E-state index contributed by atoms with van der Waals surface area (Å²) in [5.74, 6) is 0. The fourth-order valence-corrected chi connectivity index (χ4v) is 4.85. The summed E-state index contributed by atoms with van der Waals surface area (Å²) >= 11 is 12.2. The summed E-state index contributed by atoms with van der Waals surface area (Å²) < 4.78 is 1.12. The fraction of sp³-hybridized carbons (Fsp3) is 0.412. The van der Waals surface area contributed by atoms with Crippen LogP contribution in [0, 0.1) is 0 Å². The molecule has 0 saturated carbocycles. The van der Waals surface area contributed by atoms with E-state index in [4.69, 9.17) is 11.6 Å². The normalized spacial score (nSPS) is 12.7. The van der Waals surface area contributed by atoms with Gasteiger partial charge in [-0.3, -0.25) is 0 Å². The van der Waals surface area contributed by atoms with Crippen molar-refractivity contribution < 1.29 is 0 Å². The van der Waals surface area contributed by atoms with Gasteiger partial charge in [-0.2, -0.15) is 0 Å². The lowest BCUT2D eigenvalue weighted by molar-refractivity contribution is 0.970. The molecule has 1 unspecified atom stereocenters. The van der Waals surface area contributed by atoms with Crippen LogP contribution in [-0.2, 0) is 19.3 Å². The lowest BCUT2D eigenvalue weighted by Gasteiger charge is -2.19. The molecule has 20 heavy (non-hydrogen) atoms. The zero-order chi connectivity index (χ0) is 14.7. The molecule has 0 fully saturated rings. The molecular weight excluding hydrogens is 352 g/mol. The molecule has 0 bridgehead atoms. The lowest BCUT2D eigenvalue weighted by atomic mass is 9.91. The number of aryl methyl sites for hydroxylation is 3. The van der Waals surface area contributed by atoms with Crippen LogP contribution < -0.4 is 0 Å². The minimum atomic E-state index is -0.0554. The summed E-state index contributed by atoms with van der Waals surface area (Å²) in [6.07, 6.45) is 3.14. The second-order valence-corrected chi connectivity index (χ2v) is 7.12. The molecule has 0 aliphatic heterocycles. The Labute approximate surface area is 139 Å². The van der Waals surface area contributed by atoms with E-state index in [1.165, 1.54) is 27.1 Å². The Hall–Kier alpha value is -0.310. The maximum atomic E-state index is 6.82. The molecule has 0 radical (unpaired) electrons. The van der Waals surface area contributed by atoms with Gasteiger partial charge in [0.25, 0.3) is 0 Å². The Morgan fingerprint density at radius 2 is 1.70 bits per heavy atom. The monoisotopic (exact) mass is 370 g/mol. The molecule has 1 aromatic carbocycles. The van der Waals surface area contributed by atoms with E-state index in [0.29, 0.717) is 0 Å². The predicted molar refractivity (Wildman–Crippen MR) is 94.3 cm³/mol. The van der Waals surface area contributed by atoms with Crippen LogP contribution in [0.2, 0.25) is 0 Å². The molecule has 0 spiro atoms. The maximum Gasteiger partial charge on any atom is 0.0944 e. The maximum absolute atomic E-state index is 6.82. The van der Waals surface area contributed by atoms with Crippen molar-refractivity contribution in [3.63, 3.8) is 0 Å². The van der Waals surface area contributed by atoms with Crippen LogP contribution in [0.5, 0.6) is 0 Å². The summed E-state index contributed by atoms with van der Waals surface area (Å²) in [5.41, 5.74) is 5.51. The van der Waals surface area contributed by atoms with Gasteiger partial charge in [0, 0.05) is 9.35 Å². The van der Waals surface area contributed by atoms with E-state index in [1.807, 2.05) is 0 Å². The van der Waals surface area contributed by atoms with Gasteiger partial charge in [0.2, 0.25) is 0 Å². The highest BCUT2D eigenvalue weighted by atomic mass is 79.9. The molecule has 0 aliphatic rings. The van der Waals surface area contributed by atoms with Crippen molar-refractivity contribution in [2.45, 2.75) is 45.4 Å². The molecule has 3 heteroatoms. The average Bonchev–Trinajstić information content (AvgIpc) is 2.91. The molecule has 2 rings (SSSR count). The molecule has 0 N–H and O–H groups in total. The van der Waals surface area contributed by atoms with Gasteiger partial charge in [0.05, 0.1) is 5.38 Å². The lowest BCUT2D eigenvalue weighted by Crippen LogP contribution is -2.04. The van der Waals surface area contributed by atoms with Crippen LogP contribution in [0.15, 0.2) is 28.1 Å². The quantitative estimate of drug-likeness (QED) is 0.524. The van der Waals surface area contributed by atoms with E-state index in [2.05, 4.69) is 60.3 Å². The van der Waals surface area contributed by atoms with Gasteiger partial charge in [-0.25, -0.2) is 0 Å². The largest absolute Gasteiger partial charge is 0.146 e. The Bertz CT molecular complexity index is 563. The number of thiophene rings is 1. The van der Waals surface area contributed by atoms with Crippen molar-refractivity contribution in [1.82, 2.24) is 0 Å². The highest BCUT2D eigenvalue weighted by Gasteiger charge is 2.21. The third kappa shape index (κ3) is 3.13. The first-order chi connectivity index (χ1) is 9.62. The van der Waals surface area contributed by atoms with Crippen LogP contribution in [0.4, 0.5) is 0 Å². The SMILES string of the molecule is CCc1cc(CC)c(C(Cl)c2sccc2Br)c(CC)c1. The number of hydrogen-bond donors (Lipinski definition) is 0. The van der Waals surface area contributed by atoms with E-state index in [0.717, 1.165) is 23.7 Å². The van der Waals surface area contributed by atoms with Gasteiger partial charge in [-0.15, -0.1) is 22.9 Å². The second kappa shape index (κ2) is 7.11. The van der Waals surface area contributed by atoms with E-state index >= 15 is 0 Å². The first-order valence-electron chi connectivity index (χ1n) is 7.13. The Kier molecular flexibility index (Phi) is 5.71. The molecule has 0 aliphatic carbocycles. The van der Waals surface area contributed by atoms with Crippen LogP contribution in [-0.4, -0.2) is 0 Å². The summed E-state index contributed by atoms with van der Waals surface area (Å²) in [6.45, 7) is 6.64. The standard InChI is InChI=1S/C17H20BrClS/c1-4-11-9-12(5-2)15(13(6-3)10-11)16(19)17-14(18)7-8-20-17/h7-10,16H,4-6H2,1-3H3. The first-order valence-corrected chi connectivity index (χ1v) is 9.24. The van der Waals surface area contributed by atoms with Crippen LogP contribution in [0.3, 0.4) is 0 Å². The number of hydrogen-bond acceptors (Lipinski definition) is 1. The van der Waals surface area contributed by atoms with Gasteiger partial charge < -0.3 is 0 Å². The van der Waals surface area contributed by atoms with Crippen molar-refractivity contribution in [2.24, 2.45) is 0 Å². The second-order valence-electron chi connectivity index (χ2n) is 4.88. The summed E-state index contributed by atoms with van der Waals surface area (Å²) in [6, 6.07) is 6.73. The van der Waals surface area contributed by atoms with Gasteiger partial charge in [0.1, 0.15) is 0 Å². The molecule has 0 amide bonds. The van der Waals surface area contributed by atoms with Gasteiger partial charge in [-0.1, -0.05) is 32.9 Å². The minimum Gasteiger partial charge on any atom is -0.146 e. The van der Waals surface area contributed by atoms with E-state index in [9.17, 15) is 0 Å². The Morgan fingerprint density at radius 3 is 2.10 bits per heavy atom. The predicted octanol–water partition coefficient (Wildman–Crippen LogP) is 6.53. The van der Waals surface area contributed by atoms with E-state index < -0.39 is 0 Å². The van der Waals surface area contributed by atoms with Crippen molar-refractivity contribution in [3.05, 3.63) is 55.2 Å². The third-order valence-electron chi connectivity index (χ3n) is 3.71. The van der Waals surface area contributed by atoms with Crippen molar-refractivity contribution in [1.29, 1.82) is 0 Å². The third-order valence-corrected chi connectivity index (χ3v) is 6.21. The van der Waals surface area contributed by atoms with Gasteiger partial charge in [0.15, 0.2) is 0 Å². The molecule has 2 aromatic rings. The van der Waals surface area contributed by atoms with Gasteiger partial charge >= 0.3 is 0 Å². The fourth-order valence-electron chi connectivity index (χ4n) is 2.58. The molecule has 0 saturated heterocycles. The Balaban J connectivity index is 2.57. The van der Waals surface area contributed by atoms with Crippen molar-refractivity contribution >= 4 is 38.9 Å². The number of rotatable bonds is 5. The highest BCUT2D eigenvalue weighted by Crippen LogP contribution is 2.41. The molecule has 1 heterocycles. The van der Waals surface area contributed by atoms with Crippen molar-refractivity contribution in [2.75, 3.05) is 0 Å². The topological polar surface area (TPSA) is 0 Å². The zero-order valence-electron chi connectivity index (χ0n) is 12.2. The van der Waals surface area contributed by atoms with Crippen molar-refractivity contribution in [3.8, 4) is 0 Å². The number of benzene rings is 1. The van der Waals surface area contributed by atoms with Crippen LogP contribution in [0.1, 0.15) is 53.3 Å². The minimum absolute atomic E-state index is 0.0554. The molecule has 1 aromatic heterocycles. The van der Waals surface area contributed by atoms with Crippen LogP contribution in [0.25, 0.3) is 0 Å². The van der Waals surface area contributed by atoms with E-state index in [1.54, 1.807) is 11.3 Å². The van der Waals surface area contributed by atoms with Gasteiger partial charge in [-0.05, 0) is 68.9 Å². The average molecular weight is 372 g/mol. The first kappa shape index (κ1) is 16.1. The molecule has 108 valence electrons. The highest BCUT2D eigenvalue weighted by molar-refractivity contribution is 9.10. The summed E-state index contributed by atoms with van der Waals surface area (Å²) in [5, 5.41) is 2.03.